The number of benzene rings is 1. The third-order valence-electron chi connectivity index (χ3n) is 2.70. The first kappa shape index (κ1) is 14.4. The van der Waals surface area contributed by atoms with Crippen molar-refractivity contribution in [3.63, 3.8) is 0 Å². The third-order valence-corrected chi connectivity index (χ3v) is 2.70. The first-order chi connectivity index (χ1) is 8.13. The van der Waals surface area contributed by atoms with Gasteiger partial charge in [-0.05, 0) is 18.6 Å². The second-order valence-corrected chi connectivity index (χ2v) is 3.99. The zero-order valence-corrected chi connectivity index (χ0v) is 9.36. The van der Waals surface area contributed by atoms with E-state index in [4.69, 9.17) is 10.8 Å². The van der Waals surface area contributed by atoms with Gasteiger partial charge in [-0.25, -0.2) is 8.78 Å². The van der Waals surface area contributed by atoms with Crippen molar-refractivity contribution in [2.75, 3.05) is 6.61 Å². The van der Waals surface area contributed by atoms with Crippen molar-refractivity contribution in [1.29, 1.82) is 0 Å². The molecule has 0 aliphatic heterocycles. The monoisotopic (exact) mass is 264 g/mol. The number of hydrogen-bond donors (Lipinski definition) is 2. The molecule has 1 aromatic rings. The Hall–Kier alpha value is -1.67. The summed E-state index contributed by atoms with van der Waals surface area (Å²) in [5, 5.41) is 19.1. The Morgan fingerprint density at radius 2 is 2.06 bits per heavy atom. The molecule has 0 aliphatic carbocycles. The van der Waals surface area contributed by atoms with Gasteiger partial charge >= 0.3 is 5.69 Å². The van der Waals surface area contributed by atoms with Gasteiger partial charge in [0.25, 0.3) is 5.92 Å². The second-order valence-electron chi connectivity index (χ2n) is 3.99. The van der Waals surface area contributed by atoms with E-state index in [0.29, 0.717) is 12.1 Å². The average Bonchev–Trinajstić information content (AvgIpc) is 2.28. The molecule has 8 heteroatoms. The van der Waals surface area contributed by atoms with Crippen LogP contribution in [0, 0.1) is 15.9 Å². The molecule has 1 aromatic carbocycles. The molecule has 18 heavy (non-hydrogen) atoms. The molecule has 0 spiro atoms. The Morgan fingerprint density at radius 3 is 2.50 bits per heavy atom. The fourth-order valence-corrected chi connectivity index (χ4v) is 1.35. The Bertz CT molecular complexity index is 477. The summed E-state index contributed by atoms with van der Waals surface area (Å²) in [5.41, 5.74) is 1.76. The van der Waals surface area contributed by atoms with E-state index in [1.807, 2.05) is 0 Å². The molecule has 0 bridgehead atoms. The predicted octanol–water partition coefficient (Wildman–Crippen LogP) is 1.54. The molecule has 0 saturated carbocycles. The van der Waals surface area contributed by atoms with Crippen molar-refractivity contribution in [2.24, 2.45) is 5.73 Å². The Labute approximate surface area is 100 Å². The summed E-state index contributed by atoms with van der Waals surface area (Å²) in [4.78, 5) is 9.47. The molecule has 1 rings (SSSR count). The Morgan fingerprint density at radius 1 is 1.50 bits per heavy atom. The fourth-order valence-electron chi connectivity index (χ4n) is 1.35. The minimum atomic E-state index is -3.70. The number of hydrogen-bond acceptors (Lipinski definition) is 4. The van der Waals surface area contributed by atoms with Crippen molar-refractivity contribution in [2.45, 2.75) is 18.4 Å². The minimum Gasteiger partial charge on any atom is -0.390 e. The molecule has 0 fully saturated rings. The van der Waals surface area contributed by atoms with Crippen LogP contribution in [-0.4, -0.2) is 22.6 Å². The van der Waals surface area contributed by atoms with E-state index in [1.54, 1.807) is 0 Å². The lowest BCUT2D eigenvalue weighted by Crippen LogP contribution is -2.52. The highest BCUT2D eigenvalue weighted by molar-refractivity contribution is 5.40. The van der Waals surface area contributed by atoms with E-state index >= 15 is 0 Å². The molecule has 0 aliphatic rings. The maximum Gasteiger partial charge on any atom is 0.305 e. The van der Waals surface area contributed by atoms with Crippen LogP contribution in [0.3, 0.4) is 0 Å². The van der Waals surface area contributed by atoms with Gasteiger partial charge in [0.05, 0.1) is 4.92 Å². The standard InChI is InChI=1S/C10H11F3N2O3/c1-9(14,10(12,13)5-16)6-2-3-7(11)8(4-6)15(17)18/h2-4,16H,5,14H2,1H3. The van der Waals surface area contributed by atoms with Gasteiger partial charge in [0.1, 0.15) is 12.1 Å². The minimum absolute atomic E-state index is 0.338. The topological polar surface area (TPSA) is 89.4 Å². The normalized spacial score (nSPS) is 15.2. The van der Waals surface area contributed by atoms with Gasteiger partial charge in [-0.2, -0.15) is 4.39 Å². The lowest BCUT2D eigenvalue weighted by Gasteiger charge is -2.32. The number of nitrogens with zero attached hydrogens (tertiary/aromatic N) is 1. The van der Waals surface area contributed by atoms with Crippen LogP contribution < -0.4 is 5.73 Å². The summed E-state index contributed by atoms with van der Waals surface area (Å²) >= 11 is 0. The summed E-state index contributed by atoms with van der Waals surface area (Å²) in [7, 11) is 0. The number of aliphatic hydroxyl groups is 1. The highest BCUT2D eigenvalue weighted by Gasteiger charge is 2.48. The van der Waals surface area contributed by atoms with E-state index in [2.05, 4.69) is 0 Å². The van der Waals surface area contributed by atoms with E-state index in [0.717, 1.165) is 13.0 Å². The molecule has 100 valence electrons. The molecule has 1 unspecified atom stereocenters. The number of nitro benzene ring substituents is 1. The smallest absolute Gasteiger partial charge is 0.305 e. The number of alkyl halides is 2. The van der Waals surface area contributed by atoms with Crippen LogP contribution in [0.5, 0.6) is 0 Å². The Balaban J connectivity index is 3.34. The maximum atomic E-state index is 13.4. The zero-order chi connectivity index (χ0) is 14.1. The molecule has 5 nitrogen and oxygen atoms in total. The molecule has 0 radical (unpaired) electrons. The summed E-state index contributed by atoms with van der Waals surface area (Å²) in [5.74, 6) is -4.84. The van der Waals surface area contributed by atoms with Crippen molar-refractivity contribution in [3.8, 4) is 0 Å². The third kappa shape index (κ3) is 2.29. The van der Waals surface area contributed by atoms with Crippen LogP contribution in [0.4, 0.5) is 18.9 Å². The second kappa shape index (κ2) is 4.54. The number of aliphatic hydroxyl groups excluding tert-OH is 1. The number of nitrogens with two attached hydrogens (primary N) is 1. The van der Waals surface area contributed by atoms with Gasteiger partial charge in [-0.15, -0.1) is 0 Å². The quantitative estimate of drug-likeness (QED) is 0.637. The van der Waals surface area contributed by atoms with Crippen molar-refractivity contribution in [1.82, 2.24) is 0 Å². The van der Waals surface area contributed by atoms with E-state index < -0.39 is 34.5 Å². The van der Waals surface area contributed by atoms with Crippen LogP contribution in [0.15, 0.2) is 18.2 Å². The predicted molar refractivity (Wildman–Crippen MR) is 56.6 cm³/mol. The summed E-state index contributed by atoms with van der Waals surface area (Å²) < 4.78 is 39.9. The summed E-state index contributed by atoms with van der Waals surface area (Å²) in [6.45, 7) is -0.620. The first-order valence-corrected chi connectivity index (χ1v) is 4.85. The largest absolute Gasteiger partial charge is 0.390 e. The maximum absolute atomic E-state index is 13.4. The van der Waals surface area contributed by atoms with Gasteiger partial charge in [-0.1, -0.05) is 6.07 Å². The van der Waals surface area contributed by atoms with Crippen molar-refractivity contribution < 1.29 is 23.2 Å². The van der Waals surface area contributed by atoms with E-state index in [-0.39, 0.29) is 5.56 Å². The van der Waals surface area contributed by atoms with Crippen LogP contribution in [0.1, 0.15) is 12.5 Å². The van der Waals surface area contributed by atoms with Crippen LogP contribution >= 0.6 is 0 Å². The number of halogens is 3. The molecule has 1 atom stereocenters. The molecule has 0 saturated heterocycles. The molecule has 0 amide bonds. The SMILES string of the molecule is CC(N)(c1ccc(F)c([N+](=O)[O-])c1)C(F)(F)CO. The first-order valence-electron chi connectivity index (χ1n) is 4.85. The van der Waals surface area contributed by atoms with E-state index in [9.17, 15) is 23.3 Å². The van der Waals surface area contributed by atoms with Crippen molar-refractivity contribution >= 4 is 5.69 Å². The van der Waals surface area contributed by atoms with Crippen LogP contribution in [0.2, 0.25) is 0 Å². The highest BCUT2D eigenvalue weighted by Crippen LogP contribution is 2.36. The number of nitro groups is 1. The van der Waals surface area contributed by atoms with Gasteiger partial charge in [-0.3, -0.25) is 10.1 Å². The van der Waals surface area contributed by atoms with Gasteiger partial charge in [0, 0.05) is 6.07 Å². The molecular weight excluding hydrogens is 253 g/mol. The molecule has 0 aromatic heterocycles. The lowest BCUT2D eigenvalue weighted by molar-refractivity contribution is -0.387. The number of rotatable bonds is 4. The summed E-state index contributed by atoms with van der Waals surface area (Å²) in [6.07, 6.45) is 0. The Kier molecular flexibility index (Phi) is 3.63. The molecule has 0 heterocycles. The van der Waals surface area contributed by atoms with Gasteiger partial charge in [0.2, 0.25) is 5.82 Å². The zero-order valence-electron chi connectivity index (χ0n) is 9.36. The summed E-state index contributed by atoms with van der Waals surface area (Å²) in [6, 6.07) is 2.25. The highest BCUT2D eigenvalue weighted by atomic mass is 19.3. The fraction of sp³-hybridized carbons (Fsp3) is 0.400. The molecular formula is C10H11F3N2O3. The van der Waals surface area contributed by atoms with Crippen LogP contribution in [0.25, 0.3) is 0 Å². The van der Waals surface area contributed by atoms with Gasteiger partial charge < -0.3 is 10.8 Å². The lowest BCUT2D eigenvalue weighted by atomic mass is 9.86. The van der Waals surface area contributed by atoms with E-state index in [1.165, 1.54) is 0 Å². The van der Waals surface area contributed by atoms with Crippen molar-refractivity contribution in [3.05, 3.63) is 39.7 Å². The van der Waals surface area contributed by atoms with Crippen LogP contribution in [-0.2, 0) is 5.54 Å². The average molecular weight is 264 g/mol. The van der Waals surface area contributed by atoms with Gasteiger partial charge in [0.15, 0.2) is 0 Å². The molecule has 3 N–H and O–H groups in total.